The van der Waals surface area contributed by atoms with Gasteiger partial charge in [0.2, 0.25) is 0 Å². The fourth-order valence-electron chi connectivity index (χ4n) is 12.6. The molecule has 6 unspecified atom stereocenters. The van der Waals surface area contributed by atoms with E-state index in [2.05, 4.69) is 90.9 Å². The van der Waals surface area contributed by atoms with Gasteiger partial charge in [0.25, 0.3) is 0 Å². The molecule has 3 saturated carbocycles. The van der Waals surface area contributed by atoms with Crippen molar-refractivity contribution in [3.8, 4) is 0 Å². The summed E-state index contributed by atoms with van der Waals surface area (Å²) in [6.07, 6.45) is 47.8. The van der Waals surface area contributed by atoms with Gasteiger partial charge in [0.05, 0.1) is 25.4 Å². The Balaban J connectivity index is 1.07. The van der Waals surface area contributed by atoms with Crippen molar-refractivity contribution in [2.45, 2.75) is 221 Å². The highest BCUT2D eigenvalue weighted by atomic mass is 16.5. The van der Waals surface area contributed by atoms with Crippen LogP contribution in [-0.4, -0.2) is 51.0 Å². The summed E-state index contributed by atoms with van der Waals surface area (Å²) in [4.78, 5) is 2.30. The minimum absolute atomic E-state index is 0.320. The summed E-state index contributed by atoms with van der Waals surface area (Å²) in [5.41, 5.74) is 2.74. The quantitative estimate of drug-likeness (QED) is 0.0558. The second-order valence-corrected chi connectivity index (χ2v) is 20.9. The van der Waals surface area contributed by atoms with Crippen LogP contribution in [0.3, 0.4) is 0 Å². The summed E-state index contributed by atoms with van der Waals surface area (Å²) in [6, 6.07) is 0. The van der Waals surface area contributed by atoms with Gasteiger partial charge in [-0.25, -0.2) is 0 Å². The van der Waals surface area contributed by atoms with Crippen LogP contribution in [0.25, 0.3) is 0 Å². The zero-order chi connectivity index (χ0) is 40.2. The number of hydrogen-bond donors (Lipinski definition) is 0. The molecule has 0 aromatic carbocycles. The van der Waals surface area contributed by atoms with Gasteiger partial charge in [0.15, 0.2) is 0 Å². The van der Waals surface area contributed by atoms with Crippen molar-refractivity contribution in [1.82, 2.24) is 4.90 Å². The Morgan fingerprint density at radius 1 is 0.732 bits per heavy atom. The maximum Gasteiger partial charge on any atom is 0.0705 e. The molecule has 4 aliphatic carbocycles. The molecule has 0 aliphatic heterocycles. The fourth-order valence-corrected chi connectivity index (χ4v) is 12.6. The molecule has 0 aromatic rings. The molecule has 56 heavy (non-hydrogen) atoms. The molecule has 0 radical (unpaired) electrons. The maximum atomic E-state index is 6.60. The van der Waals surface area contributed by atoms with E-state index in [9.17, 15) is 0 Å². The first-order chi connectivity index (χ1) is 27.1. The van der Waals surface area contributed by atoms with E-state index in [0.29, 0.717) is 23.0 Å². The molecule has 0 N–H and O–H groups in total. The van der Waals surface area contributed by atoms with Gasteiger partial charge in [-0.2, -0.15) is 0 Å². The van der Waals surface area contributed by atoms with Crippen molar-refractivity contribution >= 4 is 0 Å². The molecule has 3 fully saturated rings. The predicted molar refractivity (Wildman–Crippen MR) is 244 cm³/mol. The molecule has 0 saturated heterocycles. The van der Waals surface area contributed by atoms with Crippen LogP contribution in [0.2, 0.25) is 0 Å². The van der Waals surface area contributed by atoms with E-state index >= 15 is 0 Å². The standard InChI is InChI=1S/C53H95NO2/c1-9-10-11-12-13-14-15-16-17-18-19-20-21-22-23-24-25-26-30-47(42-54(7)8)56-40-39-55-46-35-37-52(5)45(41-46)31-32-48-50-34-33-49(44(4)29-27-28-43(2)3)53(50,6)38-36-51(48)52/h13-14,16-17,31,43-44,46-51H,9-12,15,18-30,32-42H2,1-8H3/b14-13-,17-16-/t44?,46-,47?,48?,49?,50?,51?,52-,53+/m0/s1. The molecule has 324 valence electrons. The third kappa shape index (κ3) is 15.0. The number of nitrogens with zero attached hydrogens (tertiary/aromatic N) is 1. The molecule has 4 rings (SSSR count). The highest BCUT2D eigenvalue weighted by molar-refractivity contribution is 5.25. The molecular weight excluding hydrogens is 683 g/mol. The SMILES string of the molecule is CCCCC/C=C\C/C=C\CCCCCCCCCCC(CN(C)C)OCCO[C@H]1CC[C@@]2(C)C(=CCC3C4CCC(C(C)CCCC(C)C)[C@@]4(C)CCC32)C1. The van der Waals surface area contributed by atoms with Crippen LogP contribution in [0.15, 0.2) is 36.0 Å². The van der Waals surface area contributed by atoms with E-state index in [1.807, 2.05) is 0 Å². The number of unbranched alkanes of at least 4 members (excludes halogenated alkanes) is 11. The van der Waals surface area contributed by atoms with Gasteiger partial charge < -0.3 is 14.4 Å². The van der Waals surface area contributed by atoms with Gasteiger partial charge in [-0.1, -0.05) is 155 Å². The Bertz CT molecular complexity index is 1140. The largest absolute Gasteiger partial charge is 0.375 e. The van der Waals surface area contributed by atoms with Crippen LogP contribution in [0.5, 0.6) is 0 Å². The van der Waals surface area contributed by atoms with Crippen LogP contribution >= 0.6 is 0 Å². The summed E-state index contributed by atoms with van der Waals surface area (Å²) >= 11 is 0. The third-order valence-corrected chi connectivity index (χ3v) is 15.8. The highest BCUT2D eigenvalue weighted by Crippen LogP contribution is 2.67. The van der Waals surface area contributed by atoms with Crippen LogP contribution < -0.4 is 0 Å². The van der Waals surface area contributed by atoms with E-state index in [1.165, 1.54) is 154 Å². The summed E-state index contributed by atoms with van der Waals surface area (Å²) in [5.74, 6) is 5.44. The Labute approximate surface area is 350 Å². The number of allylic oxidation sites excluding steroid dienone is 5. The first-order valence-electron chi connectivity index (χ1n) is 25.0. The molecule has 3 nitrogen and oxygen atoms in total. The van der Waals surface area contributed by atoms with Crippen molar-refractivity contribution in [1.29, 1.82) is 0 Å². The van der Waals surface area contributed by atoms with Crippen molar-refractivity contribution in [3.63, 3.8) is 0 Å². The second-order valence-electron chi connectivity index (χ2n) is 20.9. The first kappa shape index (κ1) is 47.8. The summed E-state index contributed by atoms with van der Waals surface area (Å²) in [5, 5.41) is 0. The Hall–Kier alpha value is -0.900. The number of rotatable bonds is 29. The van der Waals surface area contributed by atoms with Crippen molar-refractivity contribution in [2.75, 3.05) is 33.9 Å². The molecule has 3 heteroatoms. The normalized spacial score (nSPS) is 30.2. The molecule has 0 bridgehead atoms. The lowest BCUT2D eigenvalue weighted by molar-refractivity contribution is -0.0722. The van der Waals surface area contributed by atoms with Crippen LogP contribution in [0.1, 0.15) is 208 Å². The Morgan fingerprint density at radius 3 is 2.12 bits per heavy atom. The predicted octanol–water partition coefficient (Wildman–Crippen LogP) is 15.3. The van der Waals surface area contributed by atoms with Gasteiger partial charge in [-0.15, -0.1) is 0 Å². The molecule has 9 atom stereocenters. The molecule has 4 aliphatic rings. The number of likely N-dealkylation sites (N-methyl/N-ethyl adjacent to an activating group) is 1. The molecular formula is C53H95NO2. The topological polar surface area (TPSA) is 21.7 Å². The summed E-state index contributed by atoms with van der Waals surface area (Å²) in [6.45, 7) is 17.6. The Morgan fingerprint density at radius 2 is 1.43 bits per heavy atom. The van der Waals surface area contributed by atoms with Crippen LogP contribution in [0, 0.1) is 46.3 Å². The van der Waals surface area contributed by atoms with E-state index in [0.717, 1.165) is 68.1 Å². The fraction of sp³-hybridized carbons (Fsp3) is 0.887. The average Bonchev–Trinajstić information content (AvgIpc) is 3.53. The van der Waals surface area contributed by atoms with E-state index in [1.54, 1.807) is 5.57 Å². The number of ether oxygens (including phenoxy) is 2. The molecule has 0 aromatic heterocycles. The maximum absolute atomic E-state index is 6.60. The minimum Gasteiger partial charge on any atom is -0.375 e. The van der Waals surface area contributed by atoms with E-state index in [4.69, 9.17) is 9.47 Å². The van der Waals surface area contributed by atoms with Crippen molar-refractivity contribution in [2.24, 2.45) is 46.3 Å². The second kappa shape index (κ2) is 25.7. The van der Waals surface area contributed by atoms with Gasteiger partial charge in [0.1, 0.15) is 0 Å². The summed E-state index contributed by atoms with van der Waals surface area (Å²) in [7, 11) is 4.37. The highest BCUT2D eigenvalue weighted by Gasteiger charge is 2.59. The Kier molecular flexibility index (Phi) is 21.9. The van der Waals surface area contributed by atoms with Crippen molar-refractivity contribution in [3.05, 3.63) is 36.0 Å². The van der Waals surface area contributed by atoms with Crippen molar-refractivity contribution < 1.29 is 9.47 Å². The summed E-state index contributed by atoms with van der Waals surface area (Å²) < 4.78 is 13.1. The van der Waals surface area contributed by atoms with Crippen LogP contribution in [-0.2, 0) is 9.47 Å². The smallest absolute Gasteiger partial charge is 0.0705 e. The first-order valence-corrected chi connectivity index (χ1v) is 25.0. The minimum atomic E-state index is 0.320. The van der Waals surface area contributed by atoms with E-state index < -0.39 is 0 Å². The number of fused-ring (bicyclic) bond motifs is 5. The monoisotopic (exact) mass is 778 g/mol. The average molecular weight is 778 g/mol. The van der Waals surface area contributed by atoms with Gasteiger partial charge >= 0.3 is 0 Å². The molecule has 0 spiro atoms. The molecule has 0 heterocycles. The van der Waals surface area contributed by atoms with Gasteiger partial charge in [0, 0.05) is 6.54 Å². The molecule has 0 amide bonds. The third-order valence-electron chi connectivity index (χ3n) is 15.8. The zero-order valence-corrected chi connectivity index (χ0v) is 38.8. The zero-order valence-electron chi connectivity index (χ0n) is 38.8. The lowest BCUT2D eigenvalue weighted by Crippen LogP contribution is -2.51. The van der Waals surface area contributed by atoms with Gasteiger partial charge in [-0.3, -0.25) is 0 Å². The van der Waals surface area contributed by atoms with Crippen LogP contribution in [0.4, 0.5) is 0 Å². The van der Waals surface area contributed by atoms with Gasteiger partial charge in [-0.05, 0) is 150 Å². The van der Waals surface area contributed by atoms with E-state index in [-0.39, 0.29) is 0 Å². The lowest BCUT2D eigenvalue weighted by atomic mass is 9.47. The number of hydrogen-bond acceptors (Lipinski definition) is 3. The lowest BCUT2D eigenvalue weighted by Gasteiger charge is -2.58.